The van der Waals surface area contributed by atoms with Crippen molar-refractivity contribution >= 4 is 23.2 Å². The maximum absolute atomic E-state index is 11.7. The zero-order valence-corrected chi connectivity index (χ0v) is 13.2. The largest absolute Gasteiger partial charge is 0.326 e. The number of anilines is 2. The molecule has 0 aliphatic carbocycles. The summed E-state index contributed by atoms with van der Waals surface area (Å²) in [6.45, 7) is 8.27. The van der Waals surface area contributed by atoms with E-state index in [1.807, 2.05) is 27.7 Å². The molecule has 21 heavy (non-hydrogen) atoms. The Labute approximate surface area is 126 Å². The molecule has 1 aromatic carbocycles. The van der Waals surface area contributed by atoms with Crippen molar-refractivity contribution < 1.29 is 9.59 Å². The Hall–Kier alpha value is -1.88. The number of hydrogen-bond acceptors (Lipinski definition) is 3. The summed E-state index contributed by atoms with van der Waals surface area (Å²) in [4.78, 5) is 23.3. The molecule has 0 saturated heterocycles. The van der Waals surface area contributed by atoms with Crippen LogP contribution < -0.4 is 16.0 Å². The number of carbonyl (C=O) groups is 2. The summed E-state index contributed by atoms with van der Waals surface area (Å²) >= 11 is 0. The topological polar surface area (TPSA) is 70.2 Å². The molecule has 2 amide bonds. The van der Waals surface area contributed by atoms with Crippen molar-refractivity contribution in [1.29, 1.82) is 0 Å². The van der Waals surface area contributed by atoms with Gasteiger partial charge in [-0.2, -0.15) is 0 Å². The lowest BCUT2D eigenvalue weighted by Crippen LogP contribution is -2.32. The van der Waals surface area contributed by atoms with Crippen LogP contribution in [-0.2, 0) is 9.59 Å². The first-order valence-electron chi connectivity index (χ1n) is 7.30. The molecule has 0 unspecified atom stereocenters. The molecule has 5 heteroatoms. The van der Waals surface area contributed by atoms with E-state index in [0.717, 1.165) is 5.69 Å². The average Bonchev–Trinajstić information content (AvgIpc) is 2.37. The lowest BCUT2D eigenvalue weighted by Gasteiger charge is -2.10. The van der Waals surface area contributed by atoms with Crippen LogP contribution in [-0.4, -0.2) is 24.4 Å². The number of benzene rings is 1. The minimum absolute atomic E-state index is 0.00270. The van der Waals surface area contributed by atoms with Crippen LogP contribution in [0.3, 0.4) is 0 Å². The monoisotopic (exact) mass is 291 g/mol. The van der Waals surface area contributed by atoms with Crippen molar-refractivity contribution in [3.63, 3.8) is 0 Å². The van der Waals surface area contributed by atoms with Crippen LogP contribution in [0.4, 0.5) is 11.4 Å². The molecule has 5 nitrogen and oxygen atoms in total. The summed E-state index contributed by atoms with van der Waals surface area (Å²) in [7, 11) is 0. The highest BCUT2D eigenvalue weighted by Crippen LogP contribution is 2.14. The first-order valence-corrected chi connectivity index (χ1v) is 7.30. The van der Waals surface area contributed by atoms with Gasteiger partial charge < -0.3 is 16.0 Å². The van der Waals surface area contributed by atoms with Gasteiger partial charge in [-0.25, -0.2) is 0 Å². The normalized spacial score (nSPS) is 10.8. The summed E-state index contributed by atoms with van der Waals surface area (Å²) in [6.07, 6.45) is 0.499. The van der Waals surface area contributed by atoms with Crippen LogP contribution in [0.1, 0.15) is 34.1 Å². The van der Waals surface area contributed by atoms with Crippen LogP contribution >= 0.6 is 0 Å². The molecule has 0 saturated carbocycles. The second kappa shape index (κ2) is 8.42. The predicted molar refractivity (Wildman–Crippen MR) is 86.3 cm³/mol. The van der Waals surface area contributed by atoms with Crippen LogP contribution in [0, 0.1) is 5.92 Å². The third kappa shape index (κ3) is 7.46. The third-order valence-electron chi connectivity index (χ3n) is 2.72. The summed E-state index contributed by atoms with van der Waals surface area (Å²) in [6, 6.07) is 7.39. The van der Waals surface area contributed by atoms with Crippen molar-refractivity contribution in [1.82, 2.24) is 5.32 Å². The Morgan fingerprint density at radius 3 is 1.81 bits per heavy atom. The molecular formula is C16H25N3O2. The van der Waals surface area contributed by atoms with E-state index < -0.39 is 0 Å². The number of nitrogens with one attached hydrogen (secondary N) is 3. The summed E-state index contributed by atoms with van der Waals surface area (Å²) in [5, 5.41) is 8.68. The molecule has 0 radical (unpaired) electrons. The summed E-state index contributed by atoms with van der Waals surface area (Å²) in [5.74, 6) is 0.250. The van der Waals surface area contributed by atoms with Gasteiger partial charge in [0, 0.05) is 23.8 Å². The zero-order valence-electron chi connectivity index (χ0n) is 13.2. The minimum Gasteiger partial charge on any atom is -0.326 e. The molecule has 0 fully saturated rings. The van der Waals surface area contributed by atoms with E-state index in [1.165, 1.54) is 0 Å². The maximum Gasteiger partial charge on any atom is 0.238 e. The van der Waals surface area contributed by atoms with E-state index in [4.69, 9.17) is 0 Å². The second-order valence-electron chi connectivity index (χ2n) is 5.81. The molecule has 1 aromatic rings. The molecule has 0 aromatic heterocycles. The maximum atomic E-state index is 11.7. The van der Waals surface area contributed by atoms with Gasteiger partial charge in [0.15, 0.2) is 0 Å². The first-order chi connectivity index (χ1) is 9.86. The molecule has 0 spiro atoms. The van der Waals surface area contributed by atoms with Gasteiger partial charge in [0.05, 0.1) is 6.54 Å². The number of rotatable bonds is 7. The fraction of sp³-hybridized carbons (Fsp3) is 0.500. The van der Waals surface area contributed by atoms with E-state index in [0.29, 0.717) is 18.0 Å². The van der Waals surface area contributed by atoms with Gasteiger partial charge >= 0.3 is 0 Å². The third-order valence-corrected chi connectivity index (χ3v) is 2.72. The lowest BCUT2D eigenvalue weighted by molar-refractivity contribution is -0.117. The van der Waals surface area contributed by atoms with E-state index >= 15 is 0 Å². The number of hydrogen-bond donors (Lipinski definition) is 3. The van der Waals surface area contributed by atoms with Crippen molar-refractivity contribution in [3.05, 3.63) is 24.3 Å². The molecule has 0 atom stereocenters. The van der Waals surface area contributed by atoms with Gasteiger partial charge in [0.2, 0.25) is 11.8 Å². The SMILES string of the molecule is CC(C)CC(=O)Nc1ccc(NC(=O)CNC(C)C)cc1. The van der Waals surface area contributed by atoms with Gasteiger partial charge in [-0.3, -0.25) is 9.59 Å². The van der Waals surface area contributed by atoms with Crippen molar-refractivity contribution in [3.8, 4) is 0 Å². The first kappa shape index (κ1) is 17.2. The van der Waals surface area contributed by atoms with E-state index in [9.17, 15) is 9.59 Å². The molecule has 0 bridgehead atoms. The van der Waals surface area contributed by atoms with Crippen LogP contribution in [0.5, 0.6) is 0 Å². The van der Waals surface area contributed by atoms with Crippen molar-refractivity contribution in [2.24, 2.45) is 5.92 Å². The van der Waals surface area contributed by atoms with Gasteiger partial charge in [-0.05, 0) is 30.2 Å². The Bertz CT molecular complexity index is 467. The fourth-order valence-corrected chi connectivity index (χ4v) is 1.72. The standard InChI is InChI=1S/C16H25N3O2/c1-11(2)9-15(20)18-13-5-7-14(8-6-13)19-16(21)10-17-12(3)4/h5-8,11-12,17H,9-10H2,1-4H3,(H,18,20)(H,19,21). The molecular weight excluding hydrogens is 266 g/mol. The second-order valence-corrected chi connectivity index (χ2v) is 5.81. The number of carbonyl (C=O) groups excluding carboxylic acids is 2. The summed E-state index contributed by atoms with van der Waals surface area (Å²) < 4.78 is 0. The molecule has 116 valence electrons. The average molecular weight is 291 g/mol. The van der Waals surface area contributed by atoms with Crippen molar-refractivity contribution in [2.75, 3.05) is 17.2 Å². The van der Waals surface area contributed by atoms with Crippen LogP contribution in [0.15, 0.2) is 24.3 Å². The Kier molecular flexibility index (Phi) is 6.88. The van der Waals surface area contributed by atoms with Crippen LogP contribution in [0.25, 0.3) is 0 Å². The van der Waals surface area contributed by atoms with Crippen molar-refractivity contribution in [2.45, 2.75) is 40.2 Å². The quantitative estimate of drug-likeness (QED) is 0.723. The molecule has 1 rings (SSSR count). The van der Waals surface area contributed by atoms with Gasteiger partial charge in [0.25, 0.3) is 0 Å². The molecule has 3 N–H and O–H groups in total. The highest BCUT2D eigenvalue weighted by molar-refractivity contribution is 5.93. The number of amides is 2. The van der Waals surface area contributed by atoms with E-state index in [2.05, 4.69) is 16.0 Å². The van der Waals surface area contributed by atoms with E-state index in [-0.39, 0.29) is 24.4 Å². The Balaban J connectivity index is 2.46. The smallest absolute Gasteiger partial charge is 0.238 e. The summed E-state index contributed by atoms with van der Waals surface area (Å²) in [5.41, 5.74) is 1.45. The minimum atomic E-state index is -0.0831. The Morgan fingerprint density at radius 1 is 0.905 bits per heavy atom. The predicted octanol–water partition coefficient (Wildman–Crippen LogP) is 2.61. The zero-order chi connectivity index (χ0) is 15.8. The lowest BCUT2D eigenvalue weighted by atomic mass is 10.1. The fourth-order valence-electron chi connectivity index (χ4n) is 1.72. The molecule has 0 aliphatic heterocycles. The van der Waals surface area contributed by atoms with Gasteiger partial charge in [0.1, 0.15) is 0 Å². The van der Waals surface area contributed by atoms with Gasteiger partial charge in [-0.15, -0.1) is 0 Å². The van der Waals surface area contributed by atoms with E-state index in [1.54, 1.807) is 24.3 Å². The Morgan fingerprint density at radius 2 is 1.38 bits per heavy atom. The molecule has 0 aliphatic rings. The van der Waals surface area contributed by atoms with Crippen LogP contribution in [0.2, 0.25) is 0 Å². The molecule has 0 heterocycles. The highest BCUT2D eigenvalue weighted by Gasteiger charge is 2.06. The van der Waals surface area contributed by atoms with Gasteiger partial charge in [-0.1, -0.05) is 27.7 Å². The highest BCUT2D eigenvalue weighted by atomic mass is 16.2.